The summed E-state index contributed by atoms with van der Waals surface area (Å²) < 4.78 is 0. The van der Waals surface area contributed by atoms with Gasteiger partial charge in [0.15, 0.2) is 5.78 Å². The first-order valence-corrected chi connectivity index (χ1v) is 4.44. The Balaban J connectivity index is 2.57. The molecule has 13 heavy (non-hydrogen) atoms. The molecule has 0 atom stereocenters. The zero-order valence-corrected chi connectivity index (χ0v) is 7.58. The third-order valence-corrected chi connectivity index (χ3v) is 2.23. The first-order valence-electron chi connectivity index (χ1n) is 4.44. The minimum absolute atomic E-state index is 0.205. The van der Waals surface area contributed by atoms with Gasteiger partial charge in [0, 0.05) is 17.7 Å². The van der Waals surface area contributed by atoms with Crippen LogP contribution in [-0.2, 0) is 0 Å². The average molecular weight is 173 g/mol. The Hall–Kier alpha value is -1.44. The normalized spacial score (nSPS) is 16.1. The minimum atomic E-state index is 0.205. The topological polar surface area (TPSA) is 29.4 Å². The summed E-state index contributed by atoms with van der Waals surface area (Å²) in [7, 11) is 0. The van der Waals surface area contributed by atoms with Crippen molar-refractivity contribution < 1.29 is 4.79 Å². The lowest BCUT2D eigenvalue weighted by Crippen LogP contribution is -1.98. The molecule has 0 aromatic heterocycles. The number of benzene rings is 1. The van der Waals surface area contributed by atoms with Gasteiger partial charge < -0.3 is 0 Å². The number of carbonyl (C=O) groups is 1. The van der Waals surface area contributed by atoms with Crippen LogP contribution >= 0.6 is 0 Å². The zero-order chi connectivity index (χ0) is 9.26. The predicted molar refractivity (Wildman–Crippen MR) is 52.8 cm³/mol. The SMILES string of the molecule is CC1=Nc2ccccc2C(=O)CC1. The molecular weight excluding hydrogens is 162 g/mol. The number of para-hydroxylation sites is 1. The summed E-state index contributed by atoms with van der Waals surface area (Å²) >= 11 is 0. The van der Waals surface area contributed by atoms with E-state index in [2.05, 4.69) is 4.99 Å². The monoisotopic (exact) mass is 173 g/mol. The van der Waals surface area contributed by atoms with Crippen LogP contribution in [0.25, 0.3) is 0 Å². The summed E-state index contributed by atoms with van der Waals surface area (Å²) in [6, 6.07) is 7.53. The Bertz CT molecular complexity index is 379. The van der Waals surface area contributed by atoms with E-state index in [0.29, 0.717) is 6.42 Å². The second kappa shape index (κ2) is 3.13. The Labute approximate surface area is 77.3 Å². The van der Waals surface area contributed by atoms with Crippen molar-refractivity contribution in [2.75, 3.05) is 0 Å². The van der Waals surface area contributed by atoms with Crippen LogP contribution in [0.15, 0.2) is 29.3 Å². The Morgan fingerprint density at radius 3 is 2.85 bits per heavy atom. The minimum Gasteiger partial charge on any atom is -0.294 e. The summed E-state index contributed by atoms with van der Waals surface area (Å²) in [6.45, 7) is 1.97. The summed E-state index contributed by atoms with van der Waals surface area (Å²) in [5, 5.41) is 0. The number of hydrogen-bond donors (Lipinski definition) is 0. The van der Waals surface area contributed by atoms with Gasteiger partial charge in [-0.2, -0.15) is 0 Å². The van der Waals surface area contributed by atoms with Crippen LogP contribution in [0.1, 0.15) is 30.1 Å². The molecule has 1 aromatic carbocycles. The van der Waals surface area contributed by atoms with Crippen molar-refractivity contribution in [1.29, 1.82) is 0 Å². The summed E-state index contributed by atoms with van der Waals surface area (Å²) in [4.78, 5) is 16.0. The van der Waals surface area contributed by atoms with E-state index in [4.69, 9.17) is 0 Å². The highest BCUT2D eigenvalue weighted by Gasteiger charge is 2.14. The molecule has 0 saturated carbocycles. The van der Waals surface area contributed by atoms with Gasteiger partial charge in [0.05, 0.1) is 5.69 Å². The van der Waals surface area contributed by atoms with E-state index in [1.54, 1.807) is 0 Å². The maximum absolute atomic E-state index is 11.6. The largest absolute Gasteiger partial charge is 0.294 e. The second-order valence-corrected chi connectivity index (χ2v) is 3.29. The molecule has 1 heterocycles. The zero-order valence-electron chi connectivity index (χ0n) is 7.58. The van der Waals surface area contributed by atoms with Crippen molar-refractivity contribution in [2.24, 2.45) is 4.99 Å². The Kier molecular flexibility index (Phi) is 1.97. The highest BCUT2D eigenvalue weighted by atomic mass is 16.1. The lowest BCUT2D eigenvalue weighted by atomic mass is 10.1. The summed E-state index contributed by atoms with van der Waals surface area (Å²) in [5.74, 6) is 0.205. The molecule has 2 rings (SSSR count). The molecule has 0 bridgehead atoms. The number of ketones is 1. The summed E-state index contributed by atoms with van der Waals surface area (Å²) in [6.07, 6.45) is 1.37. The smallest absolute Gasteiger partial charge is 0.165 e. The number of Topliss-reactive ketones (excluding diaryl/α,β-unsaturated/α-hetero) is 1. The van der Waals surface area contributed by atoms with E-state index < -0.39 is 0 Å². The average Bonchev–Trinajstić information content (AvgIpc) is 2.27. The van der Waals surface area contributed by atoms with Crippen LogP contribution in [0.4, 0.5) is 5.69 Å². The Morgan fingerprint density at radius 1 is 1.23 bits per heavy atom. The van der Waals surface area contributed by atoms with Crippen LogP contribution in [-0.4, -0.2) is 11.5 Å². The van der Waals surface area contributed by atoms with Gasteiger partial charge in [-0.05, 0) is 25.5 Å². The molecule has 0 spiro atoms. The van der Waals surface area contributed by atoms with Crippen molar-refractivity contribution in [2.45, 2.75) is 19.8 Å². The quantitative estimate of drug-likeness (QED) is 0.593. The van der Waals surface area contributed by atoms with Gasteiger partial charge >= 0.3 is 0 Å². The molecule has 0 radical (unpaired) electrons. The van der Waals surface area contributed by atoms with Gasteiger partial charge in [0.25, 0.3) is 0 Å². The number of rotatable bonds is 0. The van der Waals surface area contributed by atoms with Crippen LogP contribution in [0.5, 0.6) is 0 Å². The van der Waals surface area contributed by atoms with E-state index in [1.807, 2.05) is 31.2 Å². The van der Waals surface area contributed by atoms with E-state index >= 15 is 0 Å². The molecule has 1 aliphatic heterocycles. The predicted octanol–water partition coefficient (Wildman–Crippen LogP) is 2.76. The molecule has 0 unspecified atom stereocenters. The van der Waals surface area contributed by atoms with Crippen molar-refractivity contribution in [3.63, 3.8) is 0 Å². The van der Waals surface area contributed by atoms with Gasteiger partial charge in [0.2, 0.25) is 0 Å². The first kappa shape index (κ1) is 8.17. The first-order chi connectivity index (χ1) is 6.27. The standard InChI is InChI=1S/C11H11NO/c1-8-6-7-11(13)9-4-2-3-5-10(9)12-8/h2-5H,6-7H2,1H3. The second-order valence-electron chi connectivity index (χ2n) is 3.29. The maximum atomic E-state index is 11.6. The molecule has 0 saturated heterocycles. The van der Waals surface area contributed by atoms with E-state index in [-0.39, 0.29) is 5.78 Å². The van der Waals surface area contributed by atoms with Gasteiger partial charge in [-0.3, -0.25) is 9.79 Å². The van der Waals surface area contributed by atoms with E-state index in [9.17, 15) is 4.79 Å². The molecule has 0 aliphatic carbocycles. The summed E-state index contributed by atoms with van der Waals surface area (Å²) in [5.41, 5.74) is 2.63. The number of hydrogen-bond acceptors (Lipinski definition) is 2. The lowest BCUT2D eigenvalue weighted by Gasteiger charge is -1.98. The van der Waals surface area contributed by atoms with Crippen molar-refractivity contribution in [1.82, 2.24) is 0 Å². The molecule has 0 fully saturated rings. The molecule has 0 amide bonds. The van der Waals surface area contributed by atoms with Crippen molar-refractivity contribution in [3.8, 4) is 0 Å². The van der Waals surface area contributed by atoms with Crippen LogP contribution in [0.3, 0.4) is 0 Å². The fourth-order valence-corrected chi connectivity index (χ4v) is 1.50. The van der Waals surface area contributed by atoms with Crippen molar-refractivity contribution >= 4 is 17.2 Å². The third-order valence-electron chi connectivity index (χ3n) is 2.23. The highest BCUT2D eigenvalue weighted by Crippen LogP contribution is 2.24. The molecule has 66 valence electrons. The van der Waals surface area contributed by atoms with Crippen LogP contribution in [0, 0.1) is 0 Å². The molecule has 2 nitrogen and oxygen atoms in total. The molecular formula is C11H11NO. The fraction of sp³-hybridized carbons (Fsp3) is 0.273. The fourth-order valence-electron chi connectivity index (χ4n) is 1.50. The molecule has 2 heteroatoms. The number of nitrogens with zero attached hydrogens (tertiary/aromatic N) is 1. The molecule has 1 aliphatic rings. The van der Waals surface area contributed by atoms with Gasteiger partial charge in [0.1, 0.15) is 0 Å². The van der Waals surface area contributed by atoms with Crippen LogP contribution < -0.4 is 0 Å². The maximum Gasteiger partial charge on any atom is 0.165 e. The Morgan fingerprint density at radius 2 is 2.00 bits per heavy atom. The van der Waals surface area contributed by atoms with Crippen LogP contribution in [0.2, 0.25) is 0 Å². The molecule has 0 N–H and O–H groups in total. The third kappa shape index (κ3) is 1.52. The lowest BCUT2D eigenvalue weighted by molar-refractivity contribution is 0.0986. The highest BCUT2D eigenvalue weighted by molar-refractivity contribution is 6.05. The number of fused-ring (bicyclic) bond motifs is 1. The van der Waals surface area contributed by atoms with E-state index in [1.165, 1.54) is 0 Å². The number of carbonyl (C=O) groups excluding carboxylic acids is 1. The van der Waals surface area contributed by atoms with Gasteiger partial charge in [-0.15, -0.1) is 0 Å². The van der Waals surface area contributed by atoms with Gasteiger partial charge in [-0.25, -0.2) is 0 Å². The molecule has 1 aromatic rings. The van der Waals surface area contributed by atoms with E-state index in [0.717, 1.165) is 23.4 Å². The van der Waals surface area contributed by atoms with Gasteiger partial charge in [-0.1, -0.05) is 12.1 Å². The number of aliphatic imine (C=N–C) groups is 1. The van der Waals surface area contributed by atoms with Crippen molar-refractivity contribution in [3.05, 3.63) is 29.8 Å².